The Hall–Kier alpha value is -0.870. The molecule has 0 spiro atoms. The molecule has 0 saturated carbocycles. The van der Waals surface area contributed by atoms with Crippen LogP contribution in [0.15, 0.2) is 17.5 Å². The van der Waals surface area contributed by atoms with Crippen molar-refractivity contribution in [3.8, 4) is 0 Å². The highest BCUT2D eigenvalue weighted by molar-refractivity contribution is 7.10. The van der Waals surface area contributed by atoms with E-state index in [1.807, 2.05) is 17.5 Å². The molecule has 0 radical (unpaired) electrons. The second kappa shape index (κ2) is 6.77. The average molecular weight is 255 g/mol. The molecule has 1 aromatic rings. The molecule has 2 N–H and O–H groups in total. The first-order valence-electron chi connectivity index (χ1n) is 6.01. The number of hydrogen-bond acceptors (Lipinski definition) is 3. The highest BCUT2D eigenvalue weighted by atomic mass is 32.1. The van der Waals surface area contributed by atoms with E-state index in [1.54, 1.807) is 18.3 Å². The van der Waals surface area contributed by atoms with E-state index in [0.29, 0.717) is 18.8 Å². The van der Waals surface area contributed by atoms with Crippen LogP contribution in [-0.4, -0.2) is 17.1 Å². The molecule has 4 heteroatoms. The number of amides is 1. The summed E-state index contributed by atoms with van der Waals surface area (Å²) in [6.07, 6.45) is 0.480. The summed E-state index contributed by atoms with van der Waals surface area (Å²) in [5.41, 5.74) is 0. The number of carbonyl (C=O) groups is 1. The minimum atomic E-state index is -0.417. The van der Waals surface area contributed by atoms with Gasteiger partial charge in [-0.25, -0.2) is 0 Å². The fourth-order valence-electron chi connectivity index (χ4n) is 1.62. The molecule has 0 bridgehead atoms. The average Bonchev–Trinajstić information content (AvgIpc) is 2.75. The van der Waals surface area contributed by atoms with Gasteiger partial charge in [0.2, 0.25) is 5.91 Å². The van der Waals surface area contributed by atoms with Crippen LogP contribution < -0.4 is 5.32 Å². The fourth-order valence-corrected chi connectivity index (χ4v) is 2.57. The second-order valence-electron chi connectivity index (χ2n) is 4.69. The summed E-state index contributed by atoms with van der Waals surface area (Å²) in [6, 6.07) is 4.12. The van der Waals surface area contributed by atoms with E-state index in [2.05, 4.69) is 19.2 Å². The summed E-state index contributed by atoms with van der Waals surface area (Å²) >= 11 is 1.66. The highest BCUT2D eigenvalue weighted by Gasteiger charge is 2.19. The van der Waals surface area contributed by atoms with Crippen molar-refractivity contribution in [2.45, 2.75) is 45.8 Å². The zero-order chi connectivity index (χ0) is 12.8. The van der Waals surface area contributed by atoms with Gasteiger partial charge in [0.1, 0.15) is 0 Å². The maximum atomic E-state index is 11.7. The lowest BCUT2D eigenvalue weighted by Crippen LogP contribution is -2.31. The molecule has 0 saturated heterocycles. The number of carbonyl (C=O) groups excluding carboxylic acids is 1. The first-order valence-corrected chi connectivity index (χ1v) is 6.89. The van der Waals surface area contributed by atoms with Crippen LogP contribution in [0.25, 0.3) is 0 Å². The molecule has 1 aromatic heterocycles. The van der Waals surface area contributed by atoms with Crippen LogP contribution in [0.1, 0.15) is 44.5 Å². The van der Waals surface area contributed by atoms with E-state index in [-0.39, 0.29) is 11.9 Å². The van der Waals surface area contributed by atoms with Crippen LogP contribution in [0.3, 0.4) is 0 Å². The summed E-state index contributed by atoms with van der Waals surface area (Å²) in [5, 5.41) is 14.2. The summed E-state index contributed by atoms with van der Waals surface area (Å²) in [6.45, 7) is 5.89. The molecule has 96 valence electrons. The maximum Gasteiger partial charge on any atom is 0.220 e. The lowest BCUT2D eigenvalue weighted by Gasteiger charge is -2.21. The van der Waals surface area contributed by atoms with Crippen molar-refractivity contribution < 1.29 is 9.90 Å². The van der Waals surface area contributed by atoms with Crippen molar-refractivity contribution >= 4 is 17.2 Å². The van der Waals surface area contributed by atoms with Crippen molar-refractivity contribution in [2.75, 3.05) is 0 Å². The largest absolute Gasteiger partial charge is 0.393 e. The summed E-state index contributed by atoms with van der Waals surface area (Å²) < 4.78 is 0. The number of aliphatic hydroxyl groups excluding tert-OH is 1. The molecule has 2 atom stereocenters. The van der Waals surface area contributed by atoms with Crippen molar-refractivity contribution in [3.05, 3.63) is 22.4 Å². The molecule has 0 aromatic carbocycles. The third-order valence-corrected chi connectivity index (χ3v) is 3.58. The van der Waals surface area contributed by atoms with Crippen molar-refractivity contribution in [1.82, 2.24) is 5.32 Å². The third-order valence-electron chi connectivity index (χ3n) is 2.62. The molecule has 0 aliphatic rings. The second-order valence-corrected chi connectivity index (χ2v) is 5.67. The molecule has 1 amide bonds. The van der Waals surface area contributed by atoms with Gasteiger partial charge in [0.15, 0.2) is 0 Å². The summed E-state index contributed by atoms with van der Waals surface area (Å²) in [4.78, 5) is 12.9. The third kappa shape index (κ3) is 4.88. The Kier molecular flexibility index (Phi) is 5.65. The smallest absolute Gasteiger partial charge is 0.220 e. The van der Waals surface area contributed by atoms with Crippen LogP contribution in [0.5, 0.6) is 0 Å². The molecular formula is C13H21NO2S. The SMILES string of the molecule is CC(O)CCC(=O)NC(c1cccs1)C(C)C. The normalized spacial score (nSPS) is 14.6. The van der Waals surface area contributed by atoms with Crippen molar-refractivity contribution in [2.24, 2.45) is 5.92 Å². The number of nitrogens with one attached hydrogen (secondary N) is 1. The van der Waals surface area contributed by atoms with Crippen LogP contribution in [0.2, 0.25) is 0 Å². The van der Waals surface area contributed by atoms with E-state index >= 15 is 0 Å². The number of rotatable bonds is 6. The zero-order valence-electron chi connectivity index (χ0n) is 10.6. The molecule has 0 aliphatic carbocycles. The fraction of sp³-hybridized carbons (Fsp3) is 0.615. The molecule has 2 unspecified atom stereocenters. The quantitative estimate of drug-likeness (QED) is 0.821. The van der Waals surface area contributed by atoms with E-state index in [4.69, 9.17) is 5.11 Å². The van der Waals surface area contributed by atoms with Gasteiger partial charge in [-0.3, -0.25) is 4.79 Å². The molecule has 1 rings (SSSR count). The summed E-state index contributed by atoms with van der Waals surface area (Å²) in [5.74, 6) is 0.377. The molecular weight excluding hydrogens is 234 g/mol. The zero-order valence-corrected chi connectivity index (χ0v) is 11.5. The van der Waals surface area contributed by atoms with Gasteiger partial charge in [-0.15, -0.1) is 11.3 Å². The Balaban J connectivity index is 2.53. The Labute approximate surface area is 107 Å². The number of thiophene rings is 1. The highest BCUT2D eigenvalue weighted by Crippen LogP contribution is 2.25. The Bertz CT molecular complexity index is 333. The van der Waals surface area contributed by atoms with Gasteiger partial charge in [-0.2, -0.15) is 0 Å². The van der Waals surface area contributed by atoms with E-state index in [1.165, 1.54) is 4.88 Å². The van der Waals surface area contributed by atoms with Crippen molar-refractivity contribution in [1.29, 1.82) is 0 Å². The van der Waals surface area contributed by atoms with Gasteiger partial charge in [0, 0.05) is 11.3 Å². The predicted octanol–water partition coefficient (Wildman–Crippen LogP) is 2.72. The van der Waals surface area contributed by atoms with E-state index < -0.39 is 6.10 Å². The molecule has 1 heterocycles. The predicted molar refractivity (Wildman–Crippen MR) is 71.0 cm³/mol. The minimum Gasteiger partial charge on any atom is -0.393 e. The first-order chi connectivity index (χ1) is 8.00. The van der Waals surface area contributed by atoms with Gasteiger partial charge in [0.25, 0.3) is 0 Å². The van der Waals surface area contributed by atoms with Gasteiger partial charge in [0.05, 0.1) is 12.1 Å². The number of hydrogen-bond donors (Lipinski definition) is 2. The molecule has 0 fully saturated rings. The molecule has 0 aliphatic heterocycles. The first kappa shape index (κ1) is 14.2. The lowest BCUT2D eigenvalue weighted by molar-refractivity contribution is -0.122. The maximum absolute atomic E-state index is 11.7. The summed E-state index contributed by atoms with van der Waals surface area (Å²) in [7, 11) is 0. The molecule has 3 nitrogen and oxygen atoms in total. The Morgan fingerprint density at radius 3 is 2.65 bits per heavy atom. The number of aliphatic hydroxyl groups is 1. The lowest BCUT2D eigenvalue weighted by atomic mass is 10.0. The van der Waals surface area contributed by atoms with Crippen LogP contribution in [-0.2, 0) is 4.79 Å². The molecule has 17 heavy (non-hydrogen) atoms. The monoisotopic (exact) mass is 255 g/mol. The van der Waals surface area contributed by atoms with E-state index in [0.717, 1.165) is 0 Å². The van der Waals surface area contributed by atoms with Gasteiger partial charge in [-0.1, -0.05) is 19.9 Å². The standard InChI is InChI=1S/C13H21NO2S/c1-9(2)13(11-5-4-8-17-11)14-12(16)7-6-10(3)15/h4-5,8-10,13,15H,6-7H2,1-3H3,(H,14,16). The van der Waals surface area contributed by atoms with Crippen molar-refractivity contribution in [3.63, 3.8) is 0 Å². The van der Waals surface area contributed by atoms with Crippen LogP contribution in [0.4, 0.5) is 0 Å². The van der Waals surface area contributed by atoms with Gasteiger partial charge < -0.3 is 10.4 Å². The van der Waals surface area contributed by atoms with Gasteiger partial charge >= 0.3 is 0 Å². The van der Waals surface area contributed by atoms with Crippen LogP contribution in [0, 0.1) is 5.92 Å². The Morgan fingerprint density at radius 1 is 1.47 bits per heavy atom. The minimum absolute atomic E-state index is 0.0120. The Morgan fingerprint density at radius 2 is 2.18 bits per heavy atom. The topological polar surface area (TPSA) is 49.3 Å². The van der Waals surface area contributed by atoms with Crippen LogP contribution >= 0.6 is 11.3 Å². The van der Waals surface area contributed by atoms with E-state index in [9.17, 15) is 4.79 Å². The van der Waals surface area contributed by atoms with Gasteiger partial charge in [-0.05, 0) is 30.7 Å².